The number of aromatic nitrogens is 2. The van der Waals surface area contributed by atoms with Gasteiger partial charge in [0.15, 0.2) is 11.6 Å². The number of benzene rings is 1. The topological polar surface area (TPSA) is 44.2 Å². The summed E-state index contributed by atoms with van der Waals surface area (Å²) in [6, 6.07) is 3.22. The van der Waals surface area contributed by atoms with E-state index in [1.165, 1.54) is 19.3 Å². The lowest BCUT2D eigenvalue weighted by Crippen LogP contribution is -2.21. The summed E-state index contributed by atoms with van der Waals surface area (Å²) in [5.41, 5.74) is 1.51. The van der Waals surface area contributed by atoms with Gasteiger partial charge in [-0.2, -0.15) is 4.39 Å². The van der Waals surface area contributed by atoms with Gasteiger partial charge in [-0.3, -0.25) is 0 Å². The zero-order chi connectivity index (χ0) is 22.5. The summed E-state index contributed by atoms with van der Waals surface area (Å²) >= 11 is 0. The van der Waals surface area contributed by atoms with E-state index >= 15 is 0 Å². The lowest BCUT2D eigenvalue weighted by atomic mass is 9.78. The molecule has 2 heterocycles. The van der Waals surface area contributed by atoms with Gasteiger partial charge in [0.2, 0.25) is 5.82 Å². The van der Waals surface area contributed by atoms with Crippen LogP contribution in [0.1, 0.15) is 100 Å². The van der Waals surface area contributed by atoms with E-state index in [4.69, 9.17) is 9.47 Å². The summed E-state index contributed by atoms with van der Waals surface area (Å²) in [6.45, 7) is 5.12. The zero-order valence-electron chi connectivity index (χ0n) is 19.2. The second-order valence-electron chi connectivity index (χ2n) is 9.19. The minimum absolute atomic E-state index is 0.0150. The third kappa shape index (κ3) is 5.11. The fourth-order valence-corrected chi connectivity index (χ4v) is 5.22. The Bertz CT molecular complexity index is 874. The molecule has 2 atom stereocenters. The van der Waals surface area contributed by atoms with Gasteiger partial charge in [-0.05, 0) is 75.3 Å². The van der Waals surface area contributed by atoms with Crippen molar-refractivity contribution in [3.05, 3.63) is 53.1 Å². The van der Waals surface area contributed by atoms with E-state index in [1.54, 1.807) is 19.1 Å². The summed E-state index contributed by atoms with van der Waals surface area (Å²) in [6.07, 6.45) is 11.9. The zero-order valence-corrected chi connectivity index (χ0v) is 19.2. The largest absolute Gasteiger partial charge is 0.491 e. The first-order valence-corrected chi connectivity index (χ1v) is 12.1. The molecule has 1 aliphatic carbocycles. The molecule has 2 unspecified atom stereocenters. The molecule has 0 N–H and O–H groups in total. The van der Waals surface area contributed by atoms with E-state index in [0.29, 0.717) is 18.1 Å². The van der Waals surface area contributed by atoms with Gasteiger partial charge >= 0.3 is 0 Å². The van der Waals surface area contributed by atoms with Crippen LogP contribution in [0.2, 0.25) is 0 Å². The van der Waals surface area contributed by atoms with Gasteiger partial charge in [-0.15, -0.1) is 0 Å². The Morgan fingerprint density at radius 3 is 2.28 bits per heavy atom. The molecule has 4 nitrogen and oxygen atoms in total. The van der Waals surface area contributed by atoms with Gasteiger partial charge in [-0.1, -0.05) is 19.4 Å². The molecule has 2 fully saturated rings. The van der Waals surface area contributed by atoms with Crippen LogP contribution in [0.3, 0.4) is 0 Å². The van der Waals surface area contributed by atoms with Crippen molar-refractivity contribution in [2.24, 2.45) is 5.92 Å². The number of halogens is 2. The minimum atomic E-state index is -0.878. The van der Waals surface area contributed by atoms with E-state index in [-0.39, 0.29) is 23.7 Å². The highest BCUT2D eigenvalue weighted by Crippen LogP contribution is 2.41. The molecule has 174 valence electrons. The molecule has 0 spiro atoms. The number of ether oxygens (including phenoxy) is 2. The molecule has 6 heteroatoms. The second-order valence-corrected chi connectivity index (χ2v) is 9.19. The van der Waals surface area contributed by atoms with Gasteiger partial charge in [0.1, 0.15) is 5.82 Å². The molecular formula is C26H34F2N2O2. The minimum Gasteiger partial charge on any atom is -0.491 e. The van der Waals surface area contributed by atoms with Crippen molar-refractivity contribution >= 4 is 0 Å². The van der Waals surface area contributed by atoms with Crippen molar-refractivity contribution < 1.29 is 18.3 Å². The third-order valence-electron chi connectivity index (χ3n) is 7.04. The lowest BCUT2D eigenvalue weighted by molar-refractivity contribution is -0.0198. The van der Waals surface area contributed by atoms with E-state index in [2.05, 4.69) is 16.9 Å². The Balaban J connectivity index is 1.33. The smallest absolute Gasteiger partial charge is 0.200 e. The Kier molecular flexibility index (Phi) is 7.71. The summed E-state index contributed by atoms with van der Waals surface area (Å²) in [5.74, 6) is 0.147. The van der Waals surface area contributed by atoms with Gasteiger partial charge in [0.25, 0.3) is 0 Å². The summed E-state index contributed by atoms with van der Waals surface area (Å²) in [7, 11) is 0. The van der Waals surface area contributed by atoms with Crippen molar-refractivity contribution in [3.8, 4) is 5.75 Å². The molecule has 1 aliphatic heterocycles. The molecule has 2 aliphatic rings. The maximum atomic E-state index is 14.6. The molecule has 0 radical (unpaired) electrons. The van der Waals surface area contributed by atoms with E-state index < -0.39 is 11.6 Å². The van der Waals surface area contributed by atoms with E-state index in [1.807, 2.05) is 12.4 Å². The molecule has 1 aromatic heterocycles. The molecule has 0 amide bonds. The molecule has 1 saturated carbocycles. The molecule has 0 bridgehead atoms. The highest BCUT2D eigenvalue weighted by atomic mass is 19.2. The van der Waals surface area contributed by atoms with Gasteiger partial charge in [0.05, 0.1) is 19.3 Å². The first-order chi connectivity index (χ1) is 15.6. The Morgan fingerprint density at radius 1 is 0.938 bits per heavy atom. The average molecular weight is 445 g/mol. The standard InChI is InChI=1S/C26H34F2N2O2/c1-3-5-17-6-12-22(32-16-17)20-14-29-26(30-15-20)19-9-7-18(8-10-19)21-11-13-23(31-4-2)25(28)24(21)27/h11,13-15,17-19,22H,3-10,12,16H2,1-2H3. The van der Waals surface area contributed by atoms with Gasteiger partial charge < -0.3 is 9.47 Å². The van der Waals surface area contributed by atoms with Gasteiger partial charge in [-0.25, -0.2) is 14.4 Å². The monoisotopic (exact) mass is 444 g/mol. The highest BCUT2D eigenvalue weighted by Gasteiger charge is 2.29. The summed E-state index contributed by atoms with van der Waals surface area (Å²) in [4.78, 5) is 9.31. The molecule has 1 saturated heterocycles. The molecule has 4 rings (SSSR count). The van der Waals surface area contributed by atoms with E-state index in [0.717, 1.165) is 50.1 Å². The maximum absolute atomic E-state index is 14.6. The average Bonchev–Trinajstić information content (AvgIpc) is 2.83. The summed E-state index contributed by atoms with van der Waals surface area (Å²) < 4.78 is 40.1. The SMILES string of the molecule is CCCC1CCC(c2cnc(C3CCC(c4ccc(OCC)c(F)c4F)CC3)nc2)OC1. The number of nitrogens with zero attached hydrogens (tertiary/aromatic N) is 2. The van der Waals surface area contributed by atoms with Crippen LogP contribution in [0.25, 0.3) is 0 Å². The number of rotatable bonds is 7. The molecular weight excluding hydrogens is 410 g/mol. The molecule has 1 aromatic carbocycles. The highest BCUT2D eigenvalue weighted by molar-refractivity contribution is 5.33. The number of hydrogen-bond acceptors (Lipinski definition) is 4. The fourth-order valence-electron chi connectivity index (χ4n) is 5.22. The van der Waals surface area contributed by atoms with Crippen molar-refractivity contribution in [1.82, 2.24) is 9.97 Å². The fraction of sp³-hybridized carbons (Fsp3) is 0.615. The Hall–Kier alpha value is -2.08. The van der Waals surface area contributed by atoms with Crippen molar-refractivity contribution in [1.29, 1.82) is 0 Å². The summed E-state index contributed by atoms with van der Waals surface area (Å²) in [5, 5.41) is 0. The van der Waals surface area contributed by atoms with Crippen LogP contribution in [-0.2, 0) is 4.74 Å². The van der Waals surface area contributed by atoms with E-state index in [9.17, 15) is 8.78 Å². The molecule has 2 aromatic rings. The Labute approximate surface area is 189 Å². The van der Waals surface area contributed by atoms with Crippen LogP contribution in [0.15, 0.2) is 24.5 Å². The van der Waals surface area contributed by atoms with Crippen LogP contribution in [0.5, 0.6) is 5.75 Å². The van der Waals surface area contributed by atoms with Crippen LogP contribution in [0, 0.1) is 17.6 Å². The third-order valence-corrected chi connectivity index (χ3v) is 7.04. The van der Waals surface area contributed by atoms with Crippen LogP contribution in [-0.4, -0.2) is 23.2 Å². The van der Waals surface area contributed by atoms with Crippen LogP contribution < -0.4 is 4.74 Å². The molecule has 32 heavy (non-hydrogen) atoms. The van der Waals surface area contributed by atoms with Crippen molar-refractivity contribution in [2.45, 2.75) is 83.2 Å². The first kappa shape index (κ1) is 23.1. The first-order valence-electron chi connectivity index (χ1n) is 12.1. The maximum Gasteiger partial charge on any atom is 0.200 e. The van der Waals surface area contributed by atoms with Crippen molar-refractivity contribution in [2.75, 3.05) is 13.2 Å². The second kappa shape index (κ2) is 10.7. The van der Waals surface area contributed by atoms with Crippen molar-refractivity contribution in [3.63, 3.8) is 0 Å². The number of hydrogen-bond donors (Lipinski definition) is 0. The van der Waals surface area contributed by atoms with Gasteiger partial charge in [0, 0.05) is 23.9 Å². The quantitative estimate of drug-likeness (QED) is 0.468. The lowest BCUT2D eigenvalue weighted by Gasteiger charge is -2.30. The van der Waals surface area contributed by atoms with Crippen LogP contribution >= 0.6 is 0 Å². The predicted octanol–water partition coefficient (Wildman–Crippen LogP) is 6.86. The predicted molar refractivity (Wildman–Crippen MR) is 120 cm³/mol. The van der Waals surface area contributed by atoms with Crippen LogP contribution in [0.4, 0.5) is 8.78 Å². The Morgan fingerprint density at radius 2 is 1.66 bits per heavy atom. The normalized spacial score (nSPS) is 26.1.